The Kier molecular flexibility index (Phi) is 4.52. The number of amides is 1. The number of carbonyl (C=O) groups excluding carboxylic acids is 1. The molecule has 0 radical (unpaired) electrons. The highest BCUT2D eigenvalue weighted by Gasteiger charge is 2.36. The molecule has 1 saturated carbocycles. The average molecular weight is 345 g/mol. The first kappa shape index (κ1) is 16.3. The van der Waals surface area contributed by atoms with Crippen LogP contribution in [0.3, 0.4) is 0 Å². The van der Waals surface area contributed by atoms with Crippen molar-refractivity contribution in [2.45, 2.75) is 38.6 Å². The Morgan fingerprint density at radius 1 is 1.40 bits per heavy atom. The van der Waals surface area contributed by atoms with Gasteiger partial charge < -0.3 is 14.2 Å². The molecule has 0 N–H and O–H groups in total. The van der Waals surface area contributed by atoms with E-state index in [1.165, 1.54) is 12.8 Å². The molecule has 2 aromatic rings. The van der Waals surface area contributed by atoms with Crippen LogP contribution in [0.25, 0.3) is 0 Å². The van der Waals surface area contributed by atoms with Gasteiger partial charge in [0.1, 0.15) is 5.69 Å². The van der Waals surface area contributed by atoms with Gasteiger partial charge >= 0.3 is 0 Å². The molecule has 0 atom stereocenters. The first-order valence-electron chi connectivity index (χ1n) is 8.96. The number of ether oxygens (including phenoxy) is 1. The maximum Gasteiger partial charge on any atom is 0.274 e. The van der Waals surface area contributed by atoms with Gasteiger partial charge in [-0.3, -0.25) is 9.48 Å². The lowest BCUT2D eigenvalue weighted by Crippen LogP contribution is -2.48. The molecule has 1 amide bonds. The Morgan fingerprint density at radius 3 is 2.96 bits per heavy atom. The minimum Gasteiger partial charge on any atom is -0.381 e. The second kappa shape index (κ2) is 6.95. The zero-order chi connectivity index (χ0) is 17.2. The molecule has 0 unspecified atom stereocenters. The summed E-state index contributed by atoms with van der Waals surface area (Å²) >= 11 is 0. The van der Waals surface area contributed by atoms with Gasteiger partial charge in [0.2, 0.25) is 5.89 Å². The van der Waals surface area contributed by atoms with Crippen LogP contribution < -0.4 is 0 Å². The molecule has 2 aromatic heterocycles. The number of rotatable bonds is 8. The summed E-state index contributed by atoms with van der Waals surface area (Å²) < 4.78 is 12.7. The Labute approximate surface area is 146 Å². The number of hydrogen-bond donors (Lipinski definition) is 0. The van der Waals surface area contributed by atoms with E-state index in [-0.39, 0.29) is 11.8 Å². The molecule has 2 fully saturated rings. The molecule has 0 bridgehead atoms. The van der Waals surface area contributed by atoms with Gasteiger partial charge in [0.25, 0.3) is 5.91 Å². The van der Waals surface area contributed by atoms with E-state index in [0.717, 1.165) is 19.1 Å². The minimum atomic E-state index is -0.0448. The monoisotopic (exact) mass is 345 g/mol. The summed E-state index contributed by atoms with van der Waals surface area (Å²) in [5.74, 6) is 2.13. The van der Waals surface area contributed by atoms with Gasteiger partial charge in [-0.2, -0.15) is 10.1 Å². The van der Waals surface area contributed by atoms with E-state index in [0.29, 0.717) is 43.5 Å². The third-order valence-corrected chi connectivity index (χ3v) is 4.71. The number of aromatic nitrogens is 4. The van der Waals surface area contributed by atoms with Crippen molar-refractivity contribution in [3.63, 3.8) is 0 Å². The van der Waals surface area contributed by atoms with Crippen molar-refractivity contribution in [2.24, 2.45) is 5.92 Å². The average Bonchev–Trinajstić information content (AvgIpc) is 3.09. The number of nitrogens with zero attached hydrogens (tertiary/aromatic N) is 5. The van der Waals surface area contributed by atoms with Crippen LogP contribution in [0.1, 0.15) is 47.9 Å². The molecule has 25 heavy (non-hydrogen) atoms. The summed E-state index contributed by atoms with van der Waals surface area (Å²) in [6.07, 6.45) is 5.07. The van der Waals surface area contributed by atoms with Crippen molar-refractivity contribution < 1.29 is 14.1 Å². The molecule has 1 saturated heterocycles. The normalized spacial score (nSPS) is 17.7. The molecule has 0 spiro atoms. The van der Waals surface area contributed by atoms with E-state index >= 15 is 0 Å². The Balaban J connectivity index is 1.23. The minimum absolute atomic E-state index is 0.0448. The van der Waals surface area contributed by atoms with Crippen LogP contribution in [-0.2, 0) is 17.7 Å². The van der Waals surface area contributed by atoms with Crippen molar-refractivity contribution in [1.29, 1.82) is 0 Å². The first-order chi connectivity index (χ1) is 12.2. The summed E-state index contributed by atoms with van der Waals surface area (Å²) in [6.45, 7) is 5.41. The lowest BCUT2D eigenvalue weighted by atomic mass is 10.00. The topological polar surface area (TPSA) is 86.3 Å². The zero-order valence-electron chi connectivity index (χ0n) is 14.4. The van der Waals surface area contributed by atoms with Gasteiger partial charge in [-0.25, -0.2) is 0 Å². The second-order valence-electron chi connectivity index (χ2n) is 6.78. The molecule has 8 nitrogen and oxygen atoms in total. The summed E-state index contributed by atoms with van der Waals surface area (Å²) in [6, 6.07) is 1.76. The third kappa shape index (κ3) is 3.73. The van der Waals surface area contributed by atoms with Crippen molar-refractivity contribution in [1.82, 2.24) is 24.8 Å². The van der Waals surface area contributed by atoms with Gasteiger partial charge in [-0.15, -0.1) is 0 Å². The quantitative estimate of drug-likeness (QED) is 0.674. The zero-order valence-corrected chi connectivity index (χ0v) is 14.4. The molecule has 3 heterocycles. The number of likely N-dealkylation sites (tertiary alicyclic amines) is 1. The van der Waals surface area contributed by atoms with E-state index in [1.54, 1.807) is 15.6 Å². The SMILES string of the molecule is CCn1ccc(C(=O)N2CC(c3nc(CCOCC4CC4)no3)C2)n1. The predicted molar refractivity (Wildman–Crippen MR) is 88.1 cm³/mol. The highest BCUT2D eigenvalue weighted by Crippen LogP contribution is 2.29. The lowest BCUT2D eigenvalue weighted by Gasteiger charge is -2.36. The highest BCUT2D eigenvalue weighted by molar-refractivity contribution is 5.92. The van der Waals surface area contributed by atoms with Crippen molar-refractivity contribution in [2.75, 3.05) is 26.3 Å². The Hall–Kier alpha value is -2.22. The van der Waals surface area contributed by atoms with Crippen LogP contribution in [0, 0.1) is 5.92 Å². The van der Waals surface area contributed by atoms with E-state index in [9.17, 15) is 4.79 Å². The summed E-state index contributed by atoms with van der Waals surface area (Å²) in [4.78, 5) is 18.5. The van der Waals surface area contributed by atoms with Crippen LogP contribution in [0.4, 0.5) is 0 Å². The highest BCUT2D eigenvalue weighted by atomic mass is 16.5. The maximum absolute atomic E-state index is 12.3. The van der Waals surface area contributed by atoms with E-state index in [1.807, 2.05) is 13.1 Å². The van der Waals surface area contributed by atoms with Crippen molar-refractivity contribution in [3.05, 3.63) is 29.7 Å². The first-order valence-corrected chi connectivity index (χ1v) is 8.96. The van der Waals surface area contributed by atoms with Crippen LogP contribution in [0.2, 0.25) is 0 Å². The second-order valence-corrected chi connectivity index (χ2v) is 6.78. The van der Waals surface area contributed by atoms with Crippen LogP contribution in [0.5, 0.6) is 0 Å². The van der Waals surface area contributed by atoms with Crippen LogP contribution >= 0.6 is 0 Å². The number of aryl methyl sites for hydroxylation is 1. The summed E-state index contributed by atoms with van der Waals surface area (Å²) in [7, 11) is 0. The Bertz CT molecular complexity index is 730. The third-order valence-electron chi connectivity index (χ3n) is 4.71. The number of hydrogen-bond acceptors (Lipinski definition) is 6. The Morgan fingerprint density at radius 2 is 2.24 bits per heavy atom. The summed E-state index contributed by atoms with van der Waals surface area (Å²) in [5, 5.41) is 8.26. The molecular weight excluding hydrogens is 322 g/mol. The fourth-order valence-electron chi connectivity index (χ4n) is 2.85. The van der Waals surface area contributed by atoms with Gasteiger partial charge in [0, 0.05) is 38.9 Å². The molecule has 1 aliphatic carbocycles. The van der Waals surface area contributed by atoms with Gasteiger partial charge in [-0.05, 0) is 31.7 Å². The fraction of sp³-hybridized carbons (Fsp3) is 0.647. The molecule has 2 aliphatic rings. The molecule has 134 valence electrons. The summed E-state index contributed by atoms with van der Waals surface area (Å²) in [5.41, 5.74) is 0.485. The van der Waals surface area contributed by atoms with Gasteiger partial charge in [0.05, 0.1) is 12.5 Å². The van der Waals surface area contributed by atoms with Crippen molar-refractivity contribution >= 4 is 5.91 Å². The van der Waals surface area contributed by atoms with Crippen LogP contribution in [0.15, 0.2) is 16.8 Å². The fourth-order valence-corrected chi connectivity index (χ4v) is 2.85. The molecule has 1 aliphatic heterocycles. The maximum atomic E-state index is 12.3. The van der Waals surface area contributed by atoms with E-state index in [2.05, 4.69) is 15.2 Å². The van der Waals surface area contributed by atoms with E-state index in [4.69, 9.17) is 9.26 Å². The van der Waals surface area contributed by atoms with E-state index < -0.39 is 0 Å². The standard InChI is InChI=1S/C17H23N5O3/c1-2-22-7-5-14(19-22)17(23)21-9-13(10-21)16-18-15(20-25-16)6-8-24-11-12-3-4-12/h5,7,12-13H,2-4,6,8-11H2,1H3. The molecular formula is C17H23N5O3. The molecule has 8 heteroatoms. The smallest absolute Gasteiger partial charge is 0.274 e. The predicted octanol–water partition coefficient (Wildman–Crippen LogP) is 1.49. The molecule has 4 rings (SSSR count). The van der Waals surface area contributed by atoms with Crippen LogP contribution in [-0.4, -0.2) is 57.0 Å². The lowest BCUT2D eigenvalue weighted by molar-refractivity contribution is 0.0562. The number of carbonyl (C=O) groups is 1. The largest absolute Gasteiger partial charge is 0.381 e. The van der Waals surface area contributed by atoms with Gasteiger partial charge in [-0.1, -0.05) is 5.16 Å². The van der Waals surface area contributed by atoms with Gasteiger partial charge in [0.15, 0.2) is 5.82 Å². The van der Waals surface area contributed by atoms with Crippen molar-refractivity contribution in [3.8, 4) is 0 Å². The molecule has 0 aromatic carbocycles.